The number of hydrogen-bond acceptors (Lipinski definition) is 4. The Bertz CT molecular complexity index is 466. The van der Waals surface area contributed by atoms with E-state index in [2.05, 4.69) is 5.32 Å². The summed E-state index contributed by atoms with van der Waals surface area (Å²) in [5.41, 5.74) is 0.498. The third-order valence-corrected chi connectivity index (χ3v) is 3.45. The van der Waals surface area contributed by atoms with Crippen LogP contribution in [0.4, 0.5) is 4.39 Å². The van der Waals surface area contributed by atoms with Crippen LogP contribution in [0.3, 0.4) is 0 Å². The van der Waals surface area contributed by atoms with Gasteiger partial charge in [0, 0.05) is 0 Å². The van der Waals surface area contributed by atoms with Crippen molar-refractivity contribution in [2.45, 2.75) is 19.1 Å². The lowest BCUT2D eigenvalue weighted by atomic mass is 10.0. The molecule has 0 spiro atoms. The number of carboxylic acid groups (broad SMARTS) is 1. The van der Waals surface area contributed by atoms with Crippen LogP contribution < -0.4 is 5.32 Å². The summed E-state index contributed by atoms with van der Waals surface area (Å²) in [5, 5.41) is 21.0. The van der Waals surface area contributed by atoms with E-state index in [-0.39, 0.29) is 17.4 Å². The summed E-state index contributed by atoms with van der Waals surface area (Å²) in [5.74, 6) is -1.88. The Balaban J connectivity index is 2.44. The second-order valence-corrected chi connectivity index (χ2v) is 5.22. The van der Waals surface area contributed by atoms with Crippen molar-refractivity contribution in [1.82, 2.24) is 5.32 Å². The molecule has 0 aromatic heterocycles. The highest BCUT2D eigenvalue weighted by atomic mass is 32.2. The minimum Gasteiger partial charge on any atom is -0.481 e. The molecule has 1 aromatic carbocycles. The number of carbonyl (C=O) groups is 2. The molecule has 110 valence electrons. The number of carboxylic acids is 1. The zero-order valence-corrected chi connectivity index (χ0v) is 11.7. The molecule has 20 heavy (non-hydrogen) atoms. The van der Waals surface area contributed by atoms with Crippen LogP contribution in [0.5, 0.6) is 0 Å². The highest BCUT2D eigenvalue weighted by molar-refractivity contribution is 8.00. The SMILES string of the molecule is CC(NC(=O)CSCC(=O)O)C(O)c1ccc(F)cc1. The lowest BCUT2D eigenvalue weighted by molar-refractivity contribution is -0.133. The quantitative estimate of drug-likeness (QED) is 0.704. The standard InChI is InChI=1S/C13H16FNO4S/c1-8(15-11(16)6-20-7-12(17)18)13(19)9-2-4-10(14)5-3-9/h2-5,8,13,19H,6-7H2,1H3,(H,15,16)(H,17,18). The predicted molar refractivity (Wildman–Crippen MR) is 73.9 cm³/mol. The van der Waals surface area contributed by atoms with Gasteiger partial charge in [0.05, 0.1) is 23.7 Å². The fraction of sp³-hybridized carbons (Fsp3) is 0.385. The van der Waals surface area contributed by atoms with Gasteiger partial charge in [-0.1, -0.05) is 12.1 Å². The van der Waals surface area contributed by atoms with E-state index < -0.39 is 23.9 Å². The van der Waals surface area contributed by atoms with Crippen LogP contribution >= 0.6 is 11.8 Å². The number of amides is 1. The van der Waals surface area contributed by atoms with E-state index in [4.69, 9.17) is 5.11 Å². The molecule has 0 aliphatic rings. The summed E-state index contributed by atoms with van der Waals surface area (Å²) in [6.45, 7) is 1.62. The van der Waals surface area contributed by atoms with Crippen molar-refractivity contribution in [1.29, 1.82) is 0 Å². The van der Waals surface area contributed by atoms with Crippen LogP contribution in [0.15, 0.2) is 24.3 Å². The topological polar surface area (TPSA) is 86.6 Å². The molecule has 2 unspecified atom stereocenters. The van der Waals surface area contributed by atoms with Crippen LogP contribution in [0.2, 0.25) is 0 Å². The molecule has 0 radical (unpaired) electrons. The molecule has 3 N–H and O–H groups in total. The Morgan fingerprint density at radius 3 is 2.45 bits per heavy atom. The van der Waals surface area contributed by atoms with Crippen LogP contribution in [0, 0.1) is 5.82 Å². The average Bonchev–Trinajstić information content (AvgIpc) is 2.38. The molecule has 7 heteroatoms. The van der Waals surface area contributed by atoms with E-state index in [0.29, 0.717) is 5.56 Å². The van der Waals surface area contributed by atoms with E-state index in [9.17, 15) is 19.1 Å². The average molecular weight is 301 g/mol. The highest BCUT2D eigenvalue weighted by Gasteiger charge is 2.18. The minimum atomic E-state index is -0.984. The summed E-state index contributed by atoms with van der Waals surface area (Å²) >= 11 is 0.978. The maximum atomic E-state index is 12.8. The lowest BCUT2D eigenvalue weighted by Crippen LogP contribution is -2.38. The zero-order valence-electron chi connectivity index (χ0n) is 10.9. The van der Waals surface area contributed by atoms with E-state index in [1.165, 1.54) is 24.3 Å². The molecule has 0 saturated heterocycles. The van der Waals surface area contributed by atoms with Crippen molar-refractivity contribution in [3.05, 3.63) is 35.6 Å². The summed E-state index contributed by atoms with van der Waals surface area (Å²) in [6.07, 6.45) is -0.955. The number of nitrogens with one attached hydrogen (secondary N) is 1. The van der Waals surface area contributed by atoms with Gasteiger partial charge in [-0.2, -0.15) is 0 Å². The number of aliphatic hydroxyl groups excluding tert-OH is 1. The highest BCUT2D eigenvalue weighted by Crippen LogP contribution is 2.17. The molecule has 0 fully saturated rings. The number of benzene rings is 1. The Morgan fingerprint density at radius 1 is 1.30 bits per heavy atom. The third kappa shape index (κ3) is 5.58. The van der Waals surface area contributed by atoms with Crippen molar-refractivity contribution >= 4 is 23.6 Å². The third-order valence-electron chi connectivity index (χ3n) is 2.53. The first-order valence-electron chi connectivity index (χ1n) is 5.92. The number of halogens is 1. The summed E-state index contributed by atoms with van der Waals surface area (Å²) in [4.78, 5) is 21.8. The van der Waals surface area contributed by atoms with Crippen molar-refractivity contribution in [3.8, 4) is 0 Å². The fourth-order valence-corrected chi connectivity index (χ4v) is 2.10. The molecule has 0 heterocycles. The number of carbonyl (C=O) groups excluding carboxylic acids is 1. The van der Waals surface area contributed by atoms with Gasteiger partial charge in [-0.15, -0.1) is 11.8 Å². The van der Waals surface area contributed by atoms with Gasteiger partial charge < -0.3 is 15.5 Å². The summed E-state index contributed by atoms with van der Waals surface area (Å²) in [6, 6.07) is 4.80. The molecule has 0 saturated carbocycles. The number of rotatable bonds is 7. The summed E-state index contributed by atoms with van der Waals surface area (Å²) in [7, 11) is 0. The van der Waals surface area contributed by atoms with E-state index in [1.807, 2.05) is 0 Å². The first-order chi connectivity index (χ1) is 9.40. The minimum absolute atomic E-state index is 0.00672. The van der Waals surface area contributed by atoms with Crippen LogP contribution in [-0.4, -0.2) is 39.6 Å². The first kappa shape index (κ1) is 16.5. The van der Waals surface area contributed by atoms with Crippen molar-refractivity contribution in [2.24, 2.45) is 0 Å². The number of aliphatic hydroxyl groups is 1. The second-order valence-electron chi connectivity index (χ2n) is 4.24. The fourth-order valence-electron chi connectivity index (χ4n) is 1.55. The molecular formula is C13H16FNO4S. The second kappa shape index (κ2) is 7.86. The predicted octanol–water partition coefficient (Wildman–Crippen LogP) is 1.18. The maximum absolute atomic E-state index is 12.8. The molecule has 5 nitrogen and oxygen atoms in total. The van der Waals surface area contributed by atoms with Gasteiger partial charge in [-0.3, -0.25) is 9.59 Å². The normalized spacial score (nSPS) is 13.6. The van der Waals surface area contributed by atoms with E-state index in [0.717, 1.165) is 11.8 Å². The van der Waals surface area contributed by atoms with Gasteiger partial charge >= 0.3 is 5.97 Å². The van der Waals surface area contributed by atoms with Gasteiger partial charge in [-0.25, -0.2) is 4.39 Å². The van der Waals surface area contributed by atoms with Crippen LogP contribution in [0.1, 0.15) is 18.6 Å². The molecule has 0 aliphatic carbocycles. The van der Waals surface area contributed by atoms with Gasteiger partial charge in [0.2, 0.25) is 5.91 Å². The number of hydrogen-bond donors (Lipinski definition) is 3. The Morgan fingerprint density at radius 2 is 1.90 bits per heavy atom. The molecule has 1 rings (SSSR count). The molecule has 1 amide bonds. The Hall–Kier alpha value is -1.60. The van der Waals surface area contributed by atoms with Gasteiger partial charge in [0.1, 0.15) is 5.82 Å². The van der Waals surface area contributed by atoms with Gasteiger partial charge in [0.15, 0.2) is 0 Å². The molecular weight excluding hydrogens is 285 g/mol. The number of thioether (sulfide) groups is 1. The molecule has 0 aliphatic heterocycles. The van der Waals surface area contributed by atoms with Gasteiger partial charge in [-0.05, 0) is 24.6 Å². The van der Waals surface area contributed by atoms with E-state index >= 15 is 0 Å². The lowest BCUT2D eigenvalue weighted by Gasteiger charge is -2.20. The Labute approximate surface area is 120 Å². The first-order valence-corrected chi connectivity index (χ1v) is 7.08. The van der Waals surface area contributed by atoms with Crippen LogP contribution in [0.25, 0.3) is 0 Å². The van der Waals surface area contributed by atoms with Gasteiger partial charge in [0.25, 0.3) is 0 Å². The smallest absolute Gasteiger partial charge is 0.313 e. The monoisotopic (exact) mass is 301 g/mol. The zero-order chi connectivity index (χ0) is 15.1. The number of aliphatic carboxylic acids is 1. The molecule has 0 bridgehead atoms. The van der Waals surface area contributed by atoms with Crippen molar-refractivity contribution < 1.29 is 24.2 Å². The maximum Gasteiger partial charge on any atom is 0.313 e. The van der Waals surface area contributed by atoms with Crippen LogP contribution in [-0.2, 0) is 9.59 Å². The van der Waals surface area contributed by atoms with Crippen molar-refractivity contribution in [3.63, 3.8) is 0 Å². The molecule has 2 atom stereocenters. The summed E-state index contributed by atoms with van der Waals surface area (Å²) < 4.78 is 12.8. The Kier molecular flexibility index (Phi) is 6.47. The largest absolute Gasteiger partial charge is 0.481 e. The van der Waals surface area contributed by atoms with Crippen molar-refractivity contribution in [2.75, 3.05) is 11.5 Å². The molecule has 1 aromatic rings. The van der Waals surface area contributed by atoms with E-state index in [1.54, 1.807) is 6.92 Å².